The lowest BCUT2D eigenvalue weighted by molar-refractivity contribution is 0.0398. The number of aromatic nitrogens is 5. The molecule has 148 valence electrons. The quantitative estimate of drug-likeness (QED) is 0.530. The van der Waals surface area contributed by atoms with E-state index in [1.54, 1.807) is 17.0 Å². The van der Waals surface area contributed by atoms with Crippen LogP contribution in [0.3, 0.4) is 0 Å². The molecule has 1 aliphatic rings. The second-order valence-corrected chi connectivity index (χ2v) is 6.94. The third-order valence-electron chi connectivity index (χ3n) is 5.14. The number of pyridine rings is 1. The molecule has 9 nitrogen and oxygen atoms in total. The molecule has 1 aliphatic heterocycles. The van der Waals surface area contributed by atoms with E-state index in [1.165, 1.54) is 0 Å². The summed E-state index contributed by atoms with van der Waals surface area (Å²) >= 11 is 0. The first kappa shape index (κ1) is 17.8. The molecule has 0 bridgehead atoms. The SMILES string of the molecule is O=c1c2c[nH]nc2c2cnc(NCCN3CCOCC3)nc2n1-c1ccccc1. The normalized spacial score (nSPS) is 15.2. The van der Waals surface area contributed by atoms with Gasteiger partial charge in [0.1, 0.15) is 5.52 Å². The number of morpholine rings is 1. The topological polar surface area (TPSA) is 101 Å². The molecule has 5 rings (SSSR count). The Labute approximate surface area is 166 Å². The van der Waals surface area contributed by atoms with Crippen LogP contribution in [0.4, 0.5) is 5.95 Å². The molecule has 0 saturated carbocycles. The molecule has 1 aromatic carbocycles. The van der Waals surface area contributed by atoms with Gasteiger partial charge in [0.15, 0.2) is 5.65 Å². The van der Waals surface area contributed by atoms with Crippen LogP contribution in [-0.4, -0.2) is 69.0 Å². The first-order valence-corrected chi connectivity index (χ1v) is 9.66. The van der Waals surface area contributed by atoms with Crippen molar-refractivity contribution in [2.75, 3.05) is 44.7 Å². The van der Waals surface area contributed by atoms with Gasteiger partial charge in [-0.3, -0.25) is 19.4 Å². The van der Waals surface area contributed by atoms with E-state index >= 15 is 0 Å². The van der Waals surface area contributed by atoms with E-state index in [2.05, 4.69) is 30.4 Å². The Kier molecular flexibility index (Phi) is 4.66. The Hall–Kier alpha value is -3.30. The van der Waals surface area contributed by atoms with Crippen molar-refractivity contribution in [3.05, 3.63) is 53.1 Å². The summed E-state index contributed by atoms with van der Waals surface area (Å²) in [5.41, 5.74) is 1.70. The number of hydrogen-bond acceptors (Lipinski definition) is 7. The number of H-pyrrole nitrogens is 1. The highest BCUT2D eigenvalue weighted by atomic mass is 16.5. The van der Waals surface area contributed by atoms with Gasteiger partial charge in [-0.1, -0.05) is 18.2 Å². The molecule has 3 aromatic heterocycles. The number of fused-ring (bicyclic) bond motifs is 3. The fourth-order valence-electron chi connectivity index (χ4n) is 3.64. The van der Waals surface area contributed by atoms with Gasteiger partial charge in [0.2, 0.25) is 5.95 Å². The summed E-state index contributed by atoms with van der Waals surface area (Å²) in [4.78, 5) is 24.6. The van der Waals surface area contributed by atoms with Crippen LogP contribution in [0.15, 0.2) is 47.5 Å². The number of rotatable bonds is 5. The fraction of sp³-hybridized carbons (Fsp3) is 0.300. The minimum absolute atomic E-state index is 0.162. The van der Waals surface area contributed by atoms with E-state index in [0.717, 1.165) is 43.9 Å². The number of anilines is 1. The largest absolute Gasteiger partial charge is 0.379 e. The Morgan fingerprint density at radius 1 is 1.14 bits per heavy atom. The van der Waals surface area contributed by atoms with Crippen LogP contribution in [0.2, 0.25) is 0 Å². The van der Waals surface area contributed by atoms with Crippen LogP contribution in [0, 0.1) is 0 Å². The number of benzene rings is 1. The Morgan fingerprint density at radius 2 is 1.97 bits per heavy atom. The predicted molar refractivity (Wildman–Crippen MR) is 111 cm³/mol. The van der Waals surface area contributed by atoms with Gasteiger partial charge >= 0.3 is 0 Å². The molecule has 4 heterocycles. The van der Waals surface area contributed by atoms with Crippen LogP contribution in [0.25, 0.3) is 27.6 Å². The molecule has 0 atom stereocenters. The van der Waals surface area contributed by atoms with E-state index in [9.17, 15) is 4.79 Å². The van der Waals surface area contributed by atoms with Crippen LogP contribution in [0.5, 0.6) is 0 Å². The molecule has 0 radical (unpaired) electrons. The Bertz CT molecular complexity index is 1200. The Balaban J connectivity index is 1.53. The number of aromatic amines is 1. The van der Waals surface area contributed by atoms with Crippen LogP contribution in [0.1, 0.15) is 0 Å². The van der Waals surface area contributed by atoms with Crippen molar-refractivity contribution in [3.8, 4) is 5.69 Å². The average molecular weight is 391 g/mol. The maximum absolute atomic E-state index is 13.1. The van der Waals surface area contributed by atoms with Gasteiger partial charge in [-0.15, -0.1) is 0 Å². The average Bonchev–Trinajstić information content (AvgIpc) is 3.26. The lowest BCUT2D eigenvalue weighted by Crippen LogP contribution is -2.39. The lowest BCUT2D eigenvalue weighted by Gasteiger charge is -2.26. The molecular weight excluding hydrogens is 370 g/mol. The fourth-order valence-corrected chi connectivity index (χ4v) is 3.64. The smallest absolute Gasteiger partial charge is 0.267 e. The van der Waals surface area contributed by atoms with Gasteiger partial charge in [0, 0.05) is 38.6 Å². The van der Waals surface area contributed by atoms with Crippen molar-refractivity contribution < 1.29 is 4.74 Å². The zero-order valence-corrected chi connectivity index (χ0v) is 15.8. The highest BCUT2D eigenvalue weighted by Gasteiger charge is 2.16. The van der Waals surface area contributed by atoms with Crippen molar-refractivity contribution in [1.82, 2.24) is 29.6 Å². The Morgan fingerprint density at radius 3 is 2.79 bits per heavy atom. The van der Waals surface area contributed by atoms with Crippen LogP contribution in [-0.2, 0) is 4.74 Å². The number of nitrogens with one attached hydrogen (secondary N) is 2. The number of nitrogens with zero attached hydrogens (tertiary/aromatic N) is 5. The van der Waals surface area contributed by atoms with Crippen LogP contribution >= 0.6 is 0 Å². The molecule has 29 heavy (non-hydrogen) atoms. The lowest BCUT2D eigenvalue weighted by atomic mass is 10.2. The summed E-state index contributed by atoms with van der Waals surface area (Å²) in [6, 6.07) is 9.49. The summed E-state index contributed by atoms with van der Waals surface area (Å²) in [7, 11) is 0. The molecule has 0 aliphatic carbocycles. The minimum Gasteiger partial charge on any atom is -0.379 e. The van der Waals surface area contributed by atoms with Gasteiger partial charge in [0.25, 0.3) is 5.56 Å². The first-order chi connectivity index (χ1) is 14.3. The third kappa shape index (κ3) is 3.34. The molecule has 4 aromatic rings. The number of hydrogen-bond donors (Lipinski definition) is 2. The van der Waals surface area contributed by atoms with E-state index < -0.39 is 0 Å². The molecule has 0 spiro atoms. The zero-order chi connectivity index (χ0) is 19.6. The monoisotopic (exact) mass is 391 g/mol. The third-order valence-corrected chi connectivity index (χ3v) is 5.14. The van der Waals surface area contributed by atoms with Gasteiger partial charge in [-0.2, -0.15) is 10.1 Å². The zero-order valence-electron chi connectivity index (χ0n) is 15.8. The van der Waals surface area contributed by atoms with Gasteiger partial charge in [-0.25, -0.2) is 4.98 Å². The predicted octanol–water partition coefficient (Wildman–Crippen LogP) is 1.40. The molecule has 0 unspecified atom stereocenters. The van der Waals surface area contributed by atoms with Crippen molar-refractivity contribution in [1.29, 1.82) is 0 Å². The highest BCUT2D eigenvalue weighted by molar-refractivity contribution is 6.02. The summed E-state index contributed by atoms with van der Waals surface area (Å²) in [5.74, 6) is 0.490. The van der Waals surface area contributed by atoms with Crippen molar-refractivity contribution in [2.24, 2.45) is 0 Å². The summed E-state index contributed by atoms with van der Waals surface area (Å²) < 4.78 is 6.99. The van der Waals surface area contributed by atoms with Crippen molar-refractivity contribution >= 4 is 27.9 Å². The molecule has 0 amide bonds. The van der Waals surface area contributed by atoms with Crippen molar-refractivity contribution in [2.45, 2.75) is 0 Å². The molecular formula is C20H21N7O2. The second-order valence-electron chi connectivity index (χ2n) is 6.94. The highest BCUT2D eigenvalue weighted by Crippen LogP contribution is 2.22. The van der Waals surface area contributed by atoms with E-state index in [4.69, 9.17) is 4.74 Å². The summed E-state index contributed by atoms with van der Waals surface area (Å²) in [6.45, 7) is 5.02. The van der Waals surface area contributed by atoms with E-state index in [-0.39, 0.29) is 5.56 Å². The van der Waals surface area contributed by atoms with E-state index in [0.29, 0.717) is 29.0 Å². The number of ether oxygens (including phenoxy) is 1. The molecule has 1 saturated heterocycles. The molecule has 9 heteroatoms. The summed E-state index contributed by atoms with van der Waals surface area (Å²) in [5, 5.41) is 11.5. The maximum Gasteiger partial charge on any atom is 0.267 e. The number of para-hydroxylation sites is 1. The molecule has 1 fully saturated rings. The van der Waals surface area contributed by atoms with Gasteiger partial charge in [-0.05, 0) is 12.1 Å². The standard InChI is InChI=1S/C20H21N7O2/c28-19-16-13-23-25-17(16)15-12-22-20(21-6-7-26-8-10-29-11-9-26)24-18(15)27(19)14-4-2-1-3-5-14/h1-5,12-13H,6-11H2,(H,23,25)(H,21,22,24). The van der Waals surface area contributed by atoms with Gasteiger partial charge in [0.05, 0.1) is 29.7 Å². The molecule has 2 N–H and O–H groups in total. The van der Waals surface area contributed by atoms with E-state index in [1.807, 2.05) is 30.3 Å². The first-order valence-electron chi connectivity index (χ1n) is 9.66. The van der Waals surface area contributed by atoms with Crippen LogP contribution < -0.4 is 10.9 Å². The van der Waals surface area contributed by atoms with Gasteiger partial charge < -0.3 is 10.1 Å². The maximum atomic E-state index is 13.1. The second kappa shape index (κ2) is 7.61. The van der Waals surface area contributed by atoms with Crippen molar-refractivity contribution in [3.63, 3.8) is 0 Å². The minimum atomic E-state index is -0.162. The summed E-state index contributed by atoms with van der Waals surface area (Å²) in [6.07, 6.45) is 3.34.